The Bertz CT molecular complexity index is 475. The quantitative estimate of drug-likeness (QED) is 0.890. The first-order chi connectivity index (χ1) is 8.54. The third kappa shape index (κ3) is 2.27. The second-order valence-corrected chi connectivity index (χ2v) is 5.13. The van der Waals surface area contributed by atoms with E-state index in [4.69, 9.17) is 9.84 Å². The van der Waals surface area contributed by atoms with Crippen molar-refractivity contribution in [3.8, 4) is 0 Å². The van der Waals surface area contributed by atoms with Crippen LogP contribution < -0.4 is 0 Å². The van der Waals surface area contributed by atoms with Crippen LogP contribution in [-0.4, -0.2) is 11.1 Å². The number of ether oxygens (including phenoxy) is 1. The van der Waals surface area contributed by atoms with E-state index >= 15 is 0 Å². The maximum absolute atomic E-state index is 11.1. The molecule has 1 aliphatic heterocycles. The molecule has 0 unspecified atom stereocenters. The maximum atomic E-state index is 11.1. The van der Waals surface area contributed by atoms with Gasteiger partial charge in [0, 0.05) is 0 Å². The van der Waals surface area contributed by atoms with Gasteiger partial charge in [0.15, 0.2) is 0 Å². The number of carboxylic acid groups (broad SMARTS) is 1. The zero-order chi connectivity index (χ0) is 13.3. The summed E-state index contributed by atoms with van der Waals surface area (Å²) in [7, 11) is 0. The van der Waals surface area contributed by atoms with E-state index in [1.807, 2.05) is 0 Å². The van der Waals surface area contributed by atoms with Gasteiger partial charge in [-0.05, 0) is 40.2 Å². The fraction of sp³-hybridized carbons (Fsp3) is 0.533. The van der Waals surface area contributed by atoms with Crippen molar-refractivity contribution in [2.45, 2.75) is 52.7 Å². The highest BCUT2D eigenvalue weighted by Crippen LogP contribution is 2.33. The van der Waals surface area contributed by atoms with Crippen molar-refractivity contribution < 1.29 is 14.6 Å². The van der Waals surface area contributed by atoms with Crippen LogP contribution in [0.25, 0.3) is 0 Å². The molecule has 0 saturated heterocycles. The molecule has 1 aromatic rings. The number of benzene rings is 1. The number of carboxylic acids is 1. The Morgan fingerprint density at radius 3 is 2.67 bits per heavy atom. The average Bonchev–Trinajstić information content (AvgIpc) is 2.74. The van der Waals surface area contributed by atoms with E-state index in [9.17, 15) is 4.79 Å². The van der Waals surface area contributed by atoms with Crippen molar-refractivity contribution in [1.29, 1.82) is 0 Å². The molecule has 1 heterocycles. The third-order valence-electron chi connectivity index (χ3n) is 3.60. The largest absolute Gasteiger partial charge is 0.481 e. The van der Waals surface area contributed by atoms with Gasteiger partial charge in [-0.25, -0.2) is 0 Å². The van der Waals surface area contributed by atoms with Crippen LogP contribution >= 0.6 is 0 Å². The molecule has 0 spiro atoms. The van der Waals surface area contributed by atoms with E-state index in [1.54, 1.807) is 0 Å². The van der Waals surface area contributed by atoms with Crippen LogP contribution in [0.1, 0.15) is 54.5 Å². The third-order valence-corrected chi connectivity index (χ3v) is 3.60. The summed E-state index contributed by atoms with van der Waals surface area (Å²) in [5, 5.41) is 9.11. The molecule has 1 aromatic carbocycles. The Hall–Kier alpha value is -1.35. The molecule has 18 heavy (non-hydrogen) atoms. The van der Waals surface area contributed by atoms with E-state index in [-0.39, 0.29) is 6.42 Å². The predicted octanol–water partition coefficient (Wildman–Crippen LogP) is 3.03. The van der Waals surface area contributed by atoms with Crippen LogP contribution in [0.2, 0.25) is 0 Å². The van der Waals surface area contributed by atoms with Gasteiger partial charge < -0.3 is 9.84 Å². The Morgan fingerprint density at radius 2 is 2.11 bits per heavy atom. The maximum Gasteiger partial charge on any atom is 0.307 e. The van der Waals surface area contributed by atoms with Crippen molar-refractivity contribution in [1.82, 2.24) is 0 Å². The van der Waals surface area contributed by atoms with Crippen molar-refractivity contribution in [2.75, 3.05) is 0 Å². The summed E-state index contributed by atoms with van der Waals surface area (Å²) in [6, 6.07) is 2.14. The summed E-state index contributed by atoms with van der Waals surface area (Å²) in [6.45, 7) is 7.60. The summed E-state index contributed by atoms with van der Waals surface area (Å²) in [6.07, 6.45) is 0.985. The Balaban J connectivity index is 2.62. The highest BCUT2D eigenvalue weighted by atomic mass is 16.5. The number of carbonyl (C=O) groups is 1. The number of rotatable bonds is 4. The molecule has 0 bridgehead atoms. The SMILES string of the molecule is CCc1c2c(cc(C(C)C)c1CC(=O)O)COC2. The van der Waals surface area contributed by atoms with Crippen LogP contribution in [0.15, 0.2) is 6.07 Å². The zero-order valence-corrected chi connectivity index (χ0v) is 11.2. The fourth-order valence-corrected chi connectivity index (χ4v) is 2.79. The van der Waals surface area contributed by atoms with Crippen LogP contribution in [0.3, 0.4) is 0 Å². The molecule has 0 aromatic heterocycles. The summed E-state index contributed by atoms with van der Waals surface area (Å²) in [5.74, 6) is -0.416. The topological polar surface area (TPSA) is 46.5 Å². The van der Waals surface area contributed by atoms with Gasteiger partial charge in [0.2, 0.25) is 0 Å². The molecule has 2 rings (SSSR count). The first-order valence-corrected chi connectivity index (χ1v) is 6.50. The van der Waals surface area contributed by atoms with Gasteiger partial charge in [0.05, 0.1) is 19.6 Å². The molecular weight excluding hydrogens is 228 g/mol. The number of hydrogen-bond acceptors (Lipinski definition) is 2. The molecule has 98 valence electrons. The molecule has 0 radical (unpaired) electrons. The van der Waals surface area contributed by atoms with Gasteiger partial charge in [0.25, 0.3) is 0 Å². The number of aliphatic carboxylic acids is 1. The first kappa shape index (κ1) is 13.1. The van der Waals surface area contributed by atoms with E-state index in [0.29, 0.717) is 19.1 Å². The van der Waals surface area contributed by atoms with Gasteiger partial charge in [0.1, 0.15) is 0 Å². The van der Waals surface area contributed by atoms with Gasteiger partial charge in [-0.3, -0.25) is 4.79 Å². The monoisotopic (exact) mass is 248 g/mol. The molecule has 0 atom stereocenters. The van der Waals surface area contributed by atoms with Crippen LogP contribution in [0, 0.1) is 0 Å². The van der Waals surface area contributed by atoms with Crippen molar-refractivity contribution in [3.63, 3.8) is 0 Å². The van der Waals surface area contributed by atoms with Crippen molar-refractivity contribution in [3.05, 3.63) is 33.9 Å². The standard InChI is InChI=1S/C15H20O3/c1-4-11-13(6-15(16)17)12(9(2)3)5-10-7-18-8-14(10)11/h5,9H,4,6-8H2,1-3H3,(H,16,17). The predicted molar refractivity (Wildman–Crippen MR) is 69.7 cm³/mol. The molecule has 1 aliphatic rings. The minimum absolute atomic E-state index is 0.115. The van der Waals surface area contributed by atoms with Gasteiger partial charge in [-0.15, -0.1) is 0 Å². The van der Waals surface area contributed by atoms with E-state index in [0.717, 1.165) is 12.0 Å². The van der Waals surface area contributed by atoms with E-state index < -0.39 is 5.97 Å². The first-order valence-electron chi connectivity index (χ1n) is 6.50. The Morgan fingerprint density at radius 1 is 1.39 bits per heavy atom. The minimum Gasteiger partial charge on any atom is -0.481 e. The highest BCUT2D eigenvalue weighted by molar-refractivity contribution is 5.72. The zero-order valence-electron chi connectivity index (χ0n) is 11.2. The van der Waals surface area contributed by atoms with Crippen molar-refractivity contribution in [2.24, 2.45) is 0 Å². The Kier molecular flexibility index (Phi) is 3.71. The van der Waals surface area contributed by atoms with Gasteiger partial charge in [-0.1, -0.05) is 26.8 Å². The normalized spacial score (nSPS) is 14.0. The van der Waals surface area contributed by atoms with Crippen LogP contribution in [0.5, 0.6) is 0 Å². The second kappa shape index (κ2) is 5.11. The summed E-state index contributed by atoms with van der Waals surface area (Å²) in [5.41, 5.74) is 5.82. The molecule has 3 heteroatoms. The molecule has 1 N–H and O–H groups in total. The summed E-state index contributed by atoms with van der Waals surface area (Å²) in [4.78, 5) is 11.1. The molecule has 0 aliphatic carbocycles. The molecule has 0 saturated carbocycles. The lowest BCUT2D eigenvalue weighted by Crippen LogP contribution is -2.11. The van der Waals surface area contributed by atoms with Crippen LogP contribution in [0.4, 0.5) is 0 Å². The second-order valence-electron chi connectivity index (χ2n) is 5.13. The van der Waals surface area contributed by atoms with E-state index in [1.165, 1.54) is 22.3 Å². The molecule has 0 amide bonds. The minimum atomic E-state index is -0.759. The smallest absolute Gasteiger partial charge is 0.307 e. The summed E-state index contributed by atoms with van der Waals surface area (Å²) < 4.78 is 5.50. The number of hydrogen-bond donors (Lipinski definition) is 1. The summed E-state index contributed by atoms with van der Waals surface area (Å²) >= 11 is 0. The van der Waals surface area contributed by atoms with Gasteiger partial charge >= 0.3 is 5.97 Å². The highest BCUT2D eigenvalue weighted by Gasteiger charge is 2.23. The van der Waals surface area contributed by atoms with Crippen LogP contribution in [-0.2, 0) is 35.6 Å². The molecule has 0 fully saturated rings. The molecular formula is C15H20O3. The van der Waals surface area contributed by atoms with Gasteiger partial charge in [-0.2, -0.15) is 0 Å². The van der Waals surface area contributed by atoms with Crippen molar-refractivity contribution >= 4 is 5.97 Å². The lowest BCUT2D eigenvalue weighted by Gasteiger charge is -2.19. The Labute approximate surface area is 108 Å². The lowest BCUT2D eigenvalue weighted by atomic mass is 9.85. The molecule has 3 nitrogen and oxygen atoms in total. The number of fused-ring (bicyclic) bond motifs is 1. The fourth-order valence-electron chi connectivity index (χ4n) is 2.79. The van der Waals surface area contributed by atoms with E-state index in [2.05, 4.69) is 26.8 Å². The average molecular weight is 248 g/mol. The lowest BCUT2D eigenvalue weighted by molar-refractivity contribution is -0.136.